The Morgan fingerprint density at radius 2 is 2.14 bits per heavy atom. The van der Waals surface area contributed by atoms with Gasteiger partial charge >= 0.3 is 5.97 Å². The first-order valence-corrected chi connectivity index (χ1v) is 4.24. The molecule has 1 aliphatic rings. The summed E-state index contributed by atoms with van der Waals surface area (Å²) in [4.78, 5) is 29.5. The van der Waals surface area contributed by atoms with Crippen molar-refractivity contribution in [2.45, 2.75) is 18.9 Å². The van der Waals surface area contributed by atoms with Crippen molar-refractivity contribution in [3.8, 4) is 0 Å². The maximum Gasteiger partial charge on any atom is 0.306 e. The number of carbonyl (C=O) groups is 1. The maximum atomic E-state index is 11.0. The van der Waals surface area contributed by atoms with Crippen LogP contribution in [-0.2, 0) is 19.3 Å². The fourth-order valence-corrected chi connectivity index (χ4v) is 0.961. The average molecular weight is 205 g/mol. The zero-order valence-electron chi connectivity index (χ0n) is 7.51. The Bertz CT molecular complexity index is 212. The molecule has 14 heavy (non-hydrogen) atoms. The molecular formula is C7H11NO6. The van der Waals surface area contributed by atoms with Gasteiger partial charge in [0.2, 0.25) is 6.54 Å². The van der Waals surface area contributed by atoms with Gasteiger partial charge in [-0.05, 0) is 0 Å². The molecule has 7 heteroatoms. The van der Waals surface area contributed by atoms with Crippen molar-refractivity contribution in [2.24, 2.45) is 0 Å². The van der Waals surface area contributed by atoms with Gasteiger partial charge in [0.05, 0.1) is 6.42 Å². The lowest BCUT2D eigenvalue weighted by Crippen LogP contribution is -2.21. The molecule has 0 N–H and O–H groups in total. The summed E-state index contributed by atoms with van der Waals surface area (Å²) < 4.78 is 4.88. The monoisotopic (exact) mass is 205 g/mol. The zero-order valence-corrected chi connectivity index (χ0v) is 7.51. The standard InChI is InChI=1S/C7H11NO6/c9-7(2-1-3-8(10)11)14-6-4-12-13-5-6/h6H,1-5H2. The van der Waals surface area contributed by atoms with Crippen LogP contribution >= 0.6 is 0 Å². The molecule has 1 aliphatic heterocycles. The molecule has 0 bridgehead atoms. The Kier molecular flexibility index (Phi) is 4.27. The quantitative estimate of drug-likeness (QED) is 0.270. The number of rotatable bonds is 5. The highest BCUT2D eigenvalue weighted by Gasteiger charge is 2.21. The summed E-state index contributed by atoms with van der Waals surface area (Å²) in [6, 6.07) is 0. The first kappa shape index (κ1) is 10.9. The summed E-state index contributed by atoms with van der Waals surface area (Å²) in [6.45, 7) is 0.231. The molecule has 0 unspecified atom stereocenters. The molecule has 7 nitrogen and oxygen atoms in total. The molecule has 0 amide bonds. The third-order valence-electron chi connectivity index (χ3n) is 1.61. The van der Waals surface area contributed by atoms with Crippen LogP contribution in [0.25, 0.3) is 0 Å². The molecule has 0 spiro atoms. The third kappa shape index (κ3) is 4.15. The van der Waals surface area contributed by atoms with Gasteiger partial charge in [-0.2, -0.15) is 0 Å². The second-order valence-electron chi connectivity index (χ2n) is 2.84. The van der Waals surface area contributed by atoms with Crippen LogP contribution in [0.3, 0.4) is 0 Å². The minimum atomic E-state index is -0.463. The minimum Gasteiger partial charge on any atom is -0.457 e. The van der Waals surface area contributed by atoms with Gasteiger partial charge in [0.25, 0.3) is 0 Å². The van der Waals surface area contributed by atoms with Crippen molar-refractivity contribution in [1.82, 2.24) is 0 Å². The molecule has 0 aromatic heterocycles. The topological polar surface area (TPSA) is 87.9 Å². The summed E-state index contributed by atoms with van der Waals surface area (Å²) >= 11 is 0. The van der Waals surface area contributed by atoms with Crippen molar-refractivity contribution in [3.63, 3.8) is 0 Å². The van der Waals surface area contributed by atoms with E-state index in [-0.39, 0.29) is 38.7 Å². The van der Waals surface area contributed by atoms with E-state index in [1.807, 2.05) is 0 Å². The van der Waals surface area contributed by atoms with Gasteiger partial charge in [-0.1, -0.05) is 0 Å². The molecule has 1 rings (SSSR count). The van der Waals surface area contributed by atoms with Crippen LogP contribution in [0, 0.1) is 10.1 Å². The lowest BCUT2D eigenvalue weighted by atomic mass is 10.3. The second kappa shape index (κ2) is 5.51. The van der Waals surface area contributed by atoms with Crippen LogP contribution in [0.4, 0.5) is 0 Å². The van der Waals surface area contributed by atoms with Crippen molar-refractivity contribution < 1.29 is 24.2 Å². The van der Waals surface area contributed by atoms with Crippen LogP contribution in [0.15, 0.2) is 0 Å². The van der Waals surface area contributed by atoms with Crippen molar-refractivity contribution >= 4 is 5.97 Å². The maximum absolute atomic E-state index is 11.0. The Morgan fingerprint density at radius 1 is 1.50 bits per heavy atom. The van der Waals surface area contributed by atoms with Gasteiger partial charge in [-0.25, -0.2) is 9.78 Å². The molecule has 80 valence electrons. The Morgan fingerprint density at radius 3 is 2.71 bits per heavy atom. The molecule has 0 aliphatic carbocycles. The van der Waals surface area contributed by atoms with E-state index in [0.717, 1.165) is 0 Å². The van der Waals surface area contributed by atoms with Crippen LogP contribution in [0.1, 0.15) is 12.8 Å². The van der Waals surface area contributed by atoms with Crippen LogP contribution < -0.4 is 0 Å². The number of hydrogen-bond acceptors (Lipinski definition) is 6. The highest BCUT2D eigenvalue weighted by Crippen LogP contribution is 2.05. The van der Waals surface area contributed by atoms with E-state index in [4.69, 9.17) is 4.74 Å². The van der Waals surface area contributed by atoms with Crippen molar-refractivity contribution in [1.29, 1.82) is 0 Å². The molecule has 0 radical (unpaired) electrons. The summed E-state index contributed by atoms with van der Waals surface area (Å²) in [7, 11) is 0. The van der Waals surface area contributed by atoms with Crippen LogP contribution in [-0.4, -0.2) is 36.8 Å². The number of nitrogens with zero attached hydrogens (tertiary/aromatic N) is 1. The van der Waals surface area contributed by atoms with E-state index in [1.165, 1.54) is 0 Å². The van der Waals surface area contributed by atoms with Gasteiger partial charge < -0.3 is 4.74 Å². The molecule has 0 saturated carbocycles. The zero-order chi connectivity index (χ0) is 10.4. The van der Waals surface area contributed by atoms with E-state index in [9.17, 15) is 14.9 Å². The fraction of sp³-hybridized carbons (Fsp3) is 0.857. The number of esters is 1. The van der Waals surface area contributed by atoms with Gasteiger partial charge in [0.15, 0.2) is 6.10 Å². The van der Waals surface area contributed by atoms with Crippen LogP contribution in [0.5, 0.6) is 0 Å². The minimum absolute atomic E-state index is 0.0531. The second-order valence-corrected chi connectivity index (χ2v) is 2.84. The smallest absolute Gasteiger partial charge is 0.306 e. The van der Waals surface area contributed by atoms with E-state index in [0.29, 0.717) is 0 Å². The van der Waals surface area contributed by atoms with E-state index < -0.39 is 10.9 Å². The number of ether oxygens (including phenoxy) is 1. The Hall–Kier alpha value is -1.21. The molecular weight excluding hydrogens is 194 g/mol. The normalized spacial score (nSPS) is 16.9. The predicted molar refractivity (Wildman–Crippen MR) is 42.9 cm³/mol. The highest BCUT2D eigenvalue weighted by atomic mass is 17.2. The number of hydrogen-bond donors (Lipinski definition) is 0. The molecule has 0 aromatic carbocycles. The molecule has 0 atom stereocenters. The molecule has 1 saturated heterocycles. The molecule has 1 heterocycles. The SMILES string of the molecule is O=C(CCC[N+](=O)[O-])OC1COOC1. The lowest BCUT2D eigenvalue weighted by molar-refractivity contribution is -0.480. The first-order valence-electron chi connectivity index (χ1n) is 4.24. The summed E-state index contributed by atoms with van der Waals surface area (Å²) in [5, 5.41) is 9.94. The number of carbonyl (C=O) groups excluding carboxylic acids is 1. The number of nitro groups is 1. The fourth-order valence-electron chi connectivity index (χ4n) is 0.961. The first-order chi connectivity index (χ1) is 6.68. The van der Waals surface area contributed by atoms with Crippen molar-refractivity contribution in [2.75, 3.05) is 19.8 Å². The van der Waals surface area contributed by atoms with Crippen molar-refractivity contribution in [3.05, 3.63) is 10.1 Å². The Labute approximate surface area is 80.0 Å². The summed E-state index contributed by atoms with van der Waals surface area (Å²) in [5.41, 5.74) is 0. The highest BCUT2D eigenvalue weighted by molar-refractivity contribution is 5.69. The van der Waals surface area contributed by atoms with Gasteiger partial charge in [-0.15, -0.1) is 0 Å². The predicted octanol–water partition coefficient (Wildman–Crippen LogP) is -0.0831. The van der Waals surface area contributed by atoms with Gasteiger partial charge in [0, 0.05) is 11.3 Å². The Balaban J connectivity index is 2.06. The molecule has 0 aromatic rings. The summed E-state index contributed by atoms with van der Waals surface area (Å²) in [6.07, 6.45) is -0.129. The van der Waals surface area contributed by atoms with E-state index in [2.05, 4.69) is 9.78 Å². The van der Waals surface area contributed by atoms with Crippen LogP contribution in [0.2, 0.25) is 0 Å². The largest absolute Gasteiger partial charge is 0.457 e. The lowest BCUT2D eigenvalue weighted by Gasteiger charge is -2.06. The summed E-state index contributed by atoms with van der Waals surface area (Å²) in [5.74, 6) is -0.453. The molecule has 1 fully saturated rings. The van der Waals surface area contributed by atoms with Gasteiger partial charge in [0.1, 0.15) is 13.2 Å². The van der Waals surface area contributed by atoms with Gasteiger partial charge in [-0.3, -0.25) is 14.9 Å². The van der Waals surface area contributed by atoms with E-state index >= 15 is 0 Å². The third-order valence-corrected chi connectivity index (χ3v) is 1.61. The van der Waals surface area contributed by atoms with E-state index in [1.54, 1.807) is 0 Å². The average Bonchev–Trinajstić information content (AvgIpc) is 2.56.